The molecule has 2 aliphatic rings. The lowest BCUT2D eigenvalue weighted by Gasteiger charge is -2.31. The van der Waals surface area contributed by atoms with Gasteiger partial charge in [-0.2, -0.15) is 0 Å². The number of hydrogen-bond acceptors (Lipinski definition) is 2. The molecule has 0 aromatic heterocycles. The predicted molar refractivity (Wildman–Crippen MR) is 80.3 cm³/mol. The molecule has 1 aliphatic carbocycles. The van der Waals surface area contributed by atoms with Gasteiger partial charge in [0.15, 0.2) is 0 Å². The molecular weight excluding hydrogens is 248 g/mol. The first-order valence-corrected chi connectivity index (χ1v) is 7.83. The Balaban J connectivity index is 1.59. The molecule has 1 amide bonds. The molecule has 0 saturated heterocycles. The molecule has 0 radical (unpaired) electrons. The second kappa shape index (κ2) is 5.96. The van der Waals surface area contributed by atoms with Crippen molar-refractivity contribution in [3.63, 3.8) is 0 Å². The fourth-order valence-corrected chi connectivity index (χ4v) is 3.51. The largest absolute Gasteiger partial charge is 0.352 e. The van der Waals surface area contributed by atoms with Gasteiger partial charge in [-0.1, -0.05) is 44.0 Å². The van der Waals surface area contributed by atoms with E-state index in [0.717, 1.165) is 31.7 Å². The van der Waals surface area contributed by atoms with Crippen molar-refractivity contribution in [1.29, 1.82) is 0 Å². The molecule has 2 N–H and O–H groups in total. The van der Waals surface area contributed by atoms with Gasteiger partial charge in [0.05, 0.1) is 6.04 Å². The first-order chi connectivity index (χ1) is 9.72. The standard InChI is InChI=1S/C17H24N2O/c1-12-5-4-8-15(9-12)19-17(20)16-10-13-6-2-3-7-14(13)11-18-16/h2-3,6-7,12,15-16,18H,4-5,8-11H2,1H3,(H,19,20)/t12?,15?,16-/m0/s1. The van der Waals surface area contributed by atoms with E-state index in [-0.39, 0.29) is 11.9 Å². The van der Waals surface area contributed by atoms with Crippen LogP contribution in [-0.2, 0) is 17.8 Å². The smallest absolute Gasteiger partial charge is 0.237 e. The van der Waals surface area contributed by atoms with Gasteiger partial charge in [0.1, 0.15) is 0 Å². The molecule has 3 nitrogen and oxygen atoms in total. The molecule has 108 valence electrons. The highest BCUT2D eigenvalue weighted by Gasteiger charge is 2.27. The lowest BCUT2D eigenvalue weighted by Crippen LogP contribution is -2.51. The summed E-state index contributed by atoms with van der Waals surface area (Å²) in [4.78, 5) is 12.4. The van der Waals surface area contributed by atoms with Crippen LogP contribution in [0.5, 0.6) is 0 Å². The van der Waals surface area contributed by atoms with Gasteiger partial charge < -0.3 is 10.6 Å². The molecular formula is C17H24N2O. The Kier molecular flexibility index (Phi) is 4.06. The number of hydrogen-bond donors (Lipinski definition) is 2. The zero-order valence-electron chi connectivity index (χ0n) is 12.2. The molecule has 1 saturated carbocycles. The SMILES string of the molecule is CC1CCCC(NC(=O)[C@@H]2Cc3ccccc3CN2)C1. The fourth-order valence-electron chi connectivity index (χ4n) is 3.51. The highest BCUT2D eigenvalue weighted by molar-refractivity contribution is 5.82. The van der Waals surface area contributed by atoms with E-state index in [2.05, 4.69) is 41.8 Å². The molecule has 1 aliphatic heterocycles. The van der Waals surface area contributed by atoms with E-state index in [1.165, 1.54) is 24.0 Å². The van der Waals surface area contributed by atoms with E-state index >= 15 is 0 Å². The average molecular weight is 272 g/mol. The minimum absolute atomic E-state index is 0.0675. The van der Waals surface area contributed by atoms with E-state index < -0.39 is 0 Å². The van der Waals surface area contributed by atoms with Crippen molar-refractivity contribution in [3.8, 4) is 0 Å². The summed E-state index contributed by atoms with van der Waals surface area (Å²) in [5.74, 6) is 0.924. The minimum Gasteiger partial charge on any atom is -0.352 e. The van der Waals surface area contributed by atoms with Crippen molar-refractivity contribution in [2.75, 3.05) is 0 Å². The lowest BCUT2D eigenvalue weighted by atomic mass is 9.86. The van der Waals surface area contributed by atoms with Crippen LogP contribution in [0.15, 0.2) is 24.3 Å². The first kappa shape index (κ1) is 13.6. The van der Waals surface area contributed by atoms with Crippen LogP contribution < -0.4 is 10.6 Å². The Hall–Kier alpha value is -1.35. The van der Waals surface area contributed by atoms with Crippen LogP contribution >= 0.6 is 0 Å². The Bertz CT molecular complexity index is 486. The quantitative estimate of drug-likeness (QED) is 0.868. The molecule has 0 spiro atoms. The van der Waals surface area contributed by atoms with Crippen molar-refractivity contribution in [2.24, 2.45) is 5.92 Å². The lowest BCUT2D eigenvalue weighted by molar-refractivity contribution is -0.124. The van der Waals surface area contributed by atoms with Crippen LogP contribution in [0.4, 0.5) is 0 Å². The Morgan fingerprint density at radius 1 is 1.25 bits per heavy atom. The van der Waals surface area contributed by atoms with Gasteiger partial charge in [-0.25, -0.2) is 0 Å². The van der Waals surface area contributed by atoms with E-state index in [0.29, 0.717) is 6.04 Å². The molecule has 1 aromatic carbocycles. The summed E-state index contributed by atoms with van der Waals surface area (Å²) in [6, 6.07) is 8.71. The summed E-state index contributed by atoms with van der Waals surface area (Å²) >= 11 is 0. The van der Waals surface area contributed by atoms with Gasteiger partial charge in [-0.05, 0) is 36.3 Å². The first-order valence-electron chi connectivity index (χ1n) is 7.83. The molecule has 3 rings (SSSR count). The van der Waals surface area contributed by atoms with Crippen LogP contribution in [0.2, 0.25) is 0 Å². The highest BCUT2D eigenvalue weighted by Crippen LogP contribution is 2.24. The second-order valence-electron chi connectivity index (χ2n) is 6.38. The number of carbonyl (C=O) groups excluding carboxylic acids is 1. The highest BCUT2D eigenvalue weighted by atomic mass is 16.2. The fraction of sp³-hybridized carbons (Fsp3) is 0.588. The molecule has 2 unspecified atom stereocenters. The van der Waals surface area contributed by atoms with Crippen LogP contribution in [0.3, 0.4) is 0 Å². The maximum absolute atomic E-state index is 12.4. The maximum atomic E-state index is 12.4. The van der Waals surface area contributed by atoms with Crippen LogP contribution in [0.25, 0.3) is 0 Å². The number of rotatable bonds is 2. The molecule has 20 heavy (non-hydrogen) atoms. The third-order valence-corrected chi connectivity index (χ3v) is 4.68. The summed E-state index contributed by atoms with van der Waals surface area (Å²) < 4.78 is 0. The molecule has 1 aromatic rings. The summed E-state index contributed by atoms with van der Waals surface area (Å²) in [6.07, 6.45) is 5.63. The van der Waals surface area contributed by atoms with E-state index in [4.69, 9.17) is 0 Å². The molecule has 3 heteroatoms. The van der Waals surface area contributed by atoms with Gasteiger partial charge in [-0.3, -0.25) is 4.79 Å². The normalized spacial score (nSPS) is 29.6. The van der Waals surface area contributed by atoms with Gasteiger partial charge in [0, 0.05) is 12.6 Å². The van der Waals surface area contributed by atoms with E-state index in [1.807, 2.05) is 0 Å². The summed E-state index contributed by atoms with van der Waals surface area (Å²) in [6.45, 7) is 3.09. The van der Waals surface area contributed by atoms with Crippen LogP contribution in [-0.4, -0.2) is 18.0 Å². The number of amides is 1. The zero-order chi connectivity index (χ0) is 13.9. The summed E-state index contributed by atoms with van der Waals surface area (Å²) in [5, 5.41) is 6.61. The molecule has 0 bridgehead atoms. The maximum Gasteiger partial charge on any atom is 0.237 e. The number of benzene rings is 1. The molecule has 1 heterocycles. The van der Waals surface area contributed by atoms with Crippen molar-refractivity contribution in [1.82, 2.24) is 10.6 Å². The second-order valence-corrected chi connectivity index (χ2v) is 6.38. The van der Waals surface area contributed by atoms with E-state index in [9.17, 15) is 4.79 Å². The van der Waals surface area contributed by atoms with Gasteiger partial charge in [0.2, 0.25) is 5.91 Å². The Morgan fingerprint density at radius 2 is 2.05 bits per heavy atom. The molecule has 3 atom stereocenters. The van der Waals surface area contributed by atoms with Crippen molar-refractivity contribution in [3.05, 3.63) is 35.4 Å². The van der Waals surface area contributed by atoms with E-state index in [1.54, 1.807) is 0 Å². The number of carbonyl (C=O) groups is 1. The monoisotopic (exact) mass is 272 g/mol. The third-order valence-electron chi connectivity index (χ3n) is 4.68. The Morgan fingerprint density at radius 3 is 2.85 bits per heavy atom. The summed E-state index contributed by atoms with van der Waals surface area (Å²) in [5.41, 5.74) is 2.63. The number of fused-ring (bicyclic) bond motifs is 1. The van der Waals surface area contributed by atoms with Gasteiger partial charge >= 0.3 is 0 Å². The summed E-state index contributed by atoms with van der Waals surface area (Å²) in [7, 11) is 0. The van der Waals surface area contributed by atoms with Gasteiger partial charge in [-0.15, -0.1) is 0 Å². The zero-order valence-corrected chi connectivity index (χ0v) is 12.2. The topological polar surface area (TPSA) is 41.1 Å². The van der Waals surface area contributed by atoms with Crippen molar-refractivity contribution >= 4 is 5.91 Å². The average Bonchev–Trinajstić information content (AvgIpc) is 2.47. The van der Waals surface area contributed by atoms with Crippen LogP contribution in [0, 0.1) is 5.92 Å². The minimum atomic E-state index is -0.0675. The predicted octanol–water partition coefficient (Wildman–Crippen LogP) is 2.40. The van der Waals surface area contributed by atoms with Crippen molar-refractivity contribution < 1.29 is 4.79 Å². The third kappa shape index (κ3) is 3.04. The van der Waals surface area contributed by atoms with Crippen LogP contribution in [0.1, 0.15) is 43.7 Å². The molecule has 1 fully saturated rings. The van der Waals surface area contributed by atoms with Gasteiger partial charge in [0.25, 0.3) is 0 Å². The van der Waals surface area contributed by atoms with Crippen molar-refractivity contribution in [2.45, 2.75) is 57.7 Å². The number of nitrogens with one attached hydrogen (secondary N) is 2. The Labute approximate surface area is 121 Å².